The number of carbonyl (C=O) groups is 1. The molecule has 5 unspecified atom stereocenters. The van der Waals surface area contributed by atoms with Gasteiger partial charge in [-0.1, -0.05) is 18.2 Å². The Kier molecular flexibility index (Phi) is 4.08. The number of amidine groups is 1. The van der Waals surface area contributed by atoms with Crippen LogP contribution in [0.15, 0.2) is 40.2 Å². The summed E-state index contributed by atoms with van der Waals surface area (Å²) in [7, 11) is 0. The van der Waals surface area contributed by atoms with Gasteiger partial charge in [0.25, 0.3) is 0 Å². The Hall–Kier alpha value is -1.83. The molecule has 1 saturated heterocycles. The summed E-state index contributed by atoms with van der Waals surface area (Å²) in [5, 5.41) is 1.11. The van der Waals surface area contributed by atoms with Crippen LogP contribution in [-0.2, 0) is 16.2 Å². The van der Waals surface area contributed by atoms with Crippen LogP contribution in [0.4, 0.5) is 5.69 Å². The third-order valence-corrected chi connectivity index (χ3v) is 7.92. The van der Waals surface area contributed by atoms with E-state index in [0.717, 1.165) is 30.2 Å². The van der Waals surface area contributed by atoms with E-state index in [1.165, 1.54) is 10.6 Å². The predicted molar refractivity (Wildman–Crippen MR) is 113 cm³/mol. The number of hydrogen-bond acceptors (Lipinski definition) is 6. The van der Waals surface area contributed by atoms with Crippen LogP contribution < -0.4 is 10.4 Å². The second-order valence-corrected chi connectivity index (χ2v) is 10.0. The van der Waals surface area contributed by atoms with Crippen molar-refractivity contribution < 1.29 is 9.63 Å². The van der Waals surface area contributed by atoms with Crippen LogP contribution in [0, 0.1) is 23.7 Å². The number of likely N-dealkylation sites (tertiary alicyclic amines) is 1. The van der Waals surface area contributed by atoms with E-state index >= 15 is 0 Å². The molecule has 7 heteroatoms. The van der Waals surface area contributed by atoms with E-state index in [-0.39, 0.29) is 30.0 Å². The number of thioether (sulfide) groups is 1. The molecule has 1 amide bonds. The maximum Gasteiger partial charge on any atom is 0.229 e. The molecule has 29 heavy (non-hydrogen) atoms. The number of amides is 1. The number of anilines is 1. The number of allylic oxidation sites excluding steroid dienone is 2. The number of fused-ring (bicyclic) bond motifs is 8. The lowest BCUT2D eigenvalue weighted by Gasteiger charge is -2.30. The number of nitrogens with one attached hydrogen (secondary N) is 1. The zero-order valence-electron chi connectivity index (χ0n) is 16.7. The molecule has 2 aliphatic carbocycles. The second kappa shape index (κ2) is 6.59. The van der Waals surface area contributed by atoms with E-state index in [2.05, 4.69) is 59.6 Å². The summed E-state index contributed by atoms with van der Waals surface area (Å²) in [4.78, 5) is 29.6. The van der Waals surface area contributed by atoms with Crippen molar-refractivity contribution in [1.29, 1.82) is 0 Å². The number of aliphatic imine (C=N–C) groups is 1. The number of nitrogens with zero attached hydrogens (tertiary/aromatic N) is 3. The third kappa shape index (κ3) is 2.71. The molecule has 3 aliphatic heterocycles. The molecule has 152 valence electrons. The summed E-state index contributed by atoms with van der Waals surface area (Å²) < 4.78 is 0. The first-order valence-electron chi connectivity index (χ1n) is 10.6. The van der Waals surface area contributed by atoms with Gasteiger partial charge in [0.1, 0.15) is 0 Å². The Labute approximate surface area is 175 Å². The average molecular weight is 411 g/mol. The first-order chi connectivity index (χ1) is 14.1. The molecule has 0 spiro atoms. The maximum atomic E-state index is 13.4. The second-order valence-electron chi connectivity index (χ2n) is 9.02. The predicted octanol–water partition coefficient (Wildman–Crippen LogP) is 3.00. The van der Waals surface area contributed by atoms with Crippen LogP contribution in [0.3, 0.4) is 0 Å². The van der Waals surface area contributed by atoms with Crippen molar-refractivity contribution in [2.75, 3.05) is 18.0 Å². The summed E-state index contributed by atoms with van der Waals surface area (Å²) in [5.41, 5.74) is 5.51. The van der Waals surface area contributed by atoms with Crippen molar-refractivity contribution >= 4 is 28.5 Å². The molecule has 6 rings (SSSR count). The van der Waals surface area contributed by atoms with Gasteiger partial charge in [0, 0.05) is 29.9 Å². The largest absolute Gasteiger partial charge is 0.318 e. The minimum atomic E-state index is -0.207. The number of benzene rings is 1. The fraction of sp³-hybridized carbons (Fsp3) is 0.545. The lowest BCUT2D eigenvalue weighted by atomic mass is 9.85. The zero-order valence-corrected chi connectivity index (χ0v) is 17.6. The summed E-state index contributed by atoms with van der Waals surface area (Å²) in [5.74, 6) is 1.42. The molecule has 2 bridgehead atoms. The summed E-state index contributed by atoms with van der Waals surface area (Å²) in [6, 6.07) is 6.77. The Balaban J connectivity index is 1.28. The highest BCUT2D eigenvalue weighted by molar-refractivity contribution is 8.14. The Morgan fingerprint density at radius 1 is 1.31 bits per heavy atom. The number of hydroxylamine groups is 1. The van der Waals surface area contributed by atoms with E-state index in [1.807, 2.05) is 4.90 Å². The molecule has 5 atom stereocenters. The third-order valence-electron chi connectivity index (χ3n) is 6.82. The molecule has 5 aliphatic rings. The van der Waals surface area contributed by atoms with Crippen molar-refractivity contribution in [3.05, 3.63) is 35.9 Å². The van der Waals surface area contributed by atoms with Gasteiger partial charge in [-0.05, 0) is 61.6 Å². The molecule has 0 radical (unpaired) electrons. The summed E-state index contributed by atoms with van der Waals surface area (Å²) in [6.07, 6.45) is 5.45. The molecule has 1 saturated carbocycles. The molecule has 2 fully saturated rings. The van der Waals surface area contributed by atoms with E-state index < -0.39 is 0 Å². The molecule has 1 N–H and O–H groups in total. The molecule has 1 aromatic carbocycles. The van der Waals surface area contributed by atoms with Crippen LogP contribution in [-0.4, -0.2) is 41.3 Å². The van der Waals surface area contributed by atoms with Crippen LogP contribution in [0.1, 0.15) is 25.8 Å². The van der Waals surface area contributed by atoms with E-state index in [0.29, 0.717) is 18.4 Å². The van der Waals surface area contributed by atoms with Gasteiger partial charge in [-0.3, -0.25) is 14.6 Å². The van der Waals surface area contributed by atoms with Crippen LogP contribution in [0.5, 0.6) is 0 Å². The monoisotopic (exact) mass is 410 g/mol. The highest BCUT2D eigenvalue weighted by Crippen LogP contribution is 2.55. The van der Waals surface area contributed by atoms with Crippen LogP contribution in [0.2, 0.25) is 0 Å². The molecule has 3 heterocycles. The van der Waals surface area contributed by atoms with Crippen LogP contribution >= 0.6 is 11.8 Å². The van der Waals surface area contributed by atoms with Gasteiger partial charge in [0.15, 0.2) is 11.4 Å². The number of hydrogen-bond donors (Lipinski definition) is 1. The lowest BCUT2D eigenvalue weighted by Crippen LogP contribution is -2.43. The van der Waals surface area contributed by atoms with Gasteiger partial charge in [-0.15, -0.1) is 0 Å². The minimum absolute atomic E-state index is 0.0752. The Morgan fingerprint density at radius 2 is 2.17 bits per heavy atom. The summed E-state index contributed by atoms with van der Waals surface area (Å²) in [6.45, 7) is 6.53. The van der Waals surface area contributed by atoms with Gasteiger partial charge >= 0.3 is 0 Å². The maximum absolute atomic E-state index is 13.4. The normalized spacial score (nSPS) is 33.7. The number of carbonyl (C=O) groups excluding carboxylic acids is 1. The first kappa shape index (κ1) is 18.0. The van der Waals surface area contributed by atoms with Crippen molar-refractivity contribution in [3.63, 3.8) is 0 Å². The van der Waals surface area contributed by atoms with Gasteiger partial charge in [-0.25, -0.2) is 0 Å². The fourth-order valence-corrected chi connectivity index (χ4v) is 6.69. The standard InChI is InChI=1S/C22H26N4O2S/c1-12(2)24-28-21-19-15-5-4-14(10-15)18(19)20(27)26(21)11-13-3-6-17-16(9-13)25-8-7-23-22(25)29-17/h3-6,9,12,14-15,18-19,21,24H,7-8,10-11H2,1-2H3. The quantitative estimate of drug-likeness (QED) is 0.597. The van der Waals surface area contributed by atoms with E-state index in [9.17, 15) is 4.79 Å². The SMILES string of the molecule is CC(C)NOC1C2C3C=CC(C3)C2C(=O)N1Cc1ccc2c(c1)N1CCN=C1S2. The first-order valence-corrected chi connectivity index (χ1v) is 11.4. The highest BCUT2D eigenvalue weighted by atomic mass is 32.2. The average Bonchev–Trinajstić information content (AvgIpc) is 3.48. The van der Waals surface area contributed by atoms with Crippen molar-refractivity contribution in [1.82, 2.24) is 10.4 Å². The molecular formula is C22H26N4O2S. The Bertz CT molecular complexity index is 929. The van der Waals surface area contributed by atoms with Crippen molar-refractivity contribution in [2.45, 2.75) is 44.0 Å². The van der Waals surface area contributed by atoms with Gasteiger partial charge in [0.05, 0.1) is 18.2 Å². The fourth-order valence-electron chi connectivity index (χ4n) is 5.63. The lowest BCUT2D eigenvalue weighted by molar-refractivity contribution is -0.153. The number of rotatable bonds is 5. The smallest absolute Gasteiger partial charge is 0.229 e. The topological polar surface area (TPSA) is 57.2 Å². The highest BCUT2D eigenvalue weighted by Gasteiger charge is 2.59. The zero-order chi connectivity index (χ0) is 19.7. The molecular weight excluding hydrogens is 384 g/mol. The molecule has 1 aromatic rings. The van der Waals surface area contributed by atoms with Gasteiger partial charge in [-0.2, -0.15) is 5.48 Å². The van der Waals surface area contributed by atoms with Crippen molar-refractivity contribution in [3.8, 4) is 0 Å². The molecule has 0 aromatic heterocycles. The Morgan fingerprint density at radius 3 is 3.03 bits per heavy atom. The summed E-state index contributed by atoms with van der Waals surface area (Å²) >= 11 is 1.75. The minimum Gasteiger partial charge on any atom is -0.318 e. The van der Waals surface area contributed by atoms with Gasteiger partial charge in [0.2, 0.25) is 5.91 Å². The van der Waals surface area contributed by atoms with E-state index in [4.69, 9.17) is 4.84 Å². The van der Waals surface area contributed by atoms with Crippen LogP contribution in [0.25, 0.3) is 0 Å². The van der Waals surface area contributed by atoms with E-state index in [1.54, 1.807) is 11.8 Å². The van der Waals surface area contributed by atoms with Crippen molar-refractivity contribution in [2.24, 2.45) is 28.7 Å². The molecule has 6 nitrogen and oxygen atoms in total. The van der Waals surface area contributed by atoms with Gasteiger partial charge < -0.3 is 9.80 Å².